The van der Waals surface area contributed by atoms with E-state index >= 15 is 0 Å². The number of aliphatic hydroxyl groups is 1. The van der Waals surface area contributed by atoms with Gasteiger partial charge in [0.25, 0.3) is 0 Å². The minimum Gasteiger partial charge on any atom is -0.480 e. The monoisotopic (exact) mass is 286 g/mol. The number of hydrogen-bond acceptors (Lipinski definition) is 3. The number of carbonyl (C=O) groups is 2. The number of carbonyl (C=O) groups excluding carboxylic acids is 1. The zero-order valence-electron chi connectivity index (χ0n) is 12.6. The van der Waals surface area contributed by atoms with Crippen molar-refractivity contribution in [2.45, 2.75) is 45.6 Å². The van der Waals surface area contributed by atoms with Gasteiger partial charge in [-0.3, -0.25) is 4.79 Å². The van der Waals surface area contributed by atoms with Gasteiger partial charge in [-0.05, 0) is 46.0 Å². The number of urea groups is 1. The Bertz CT molecular complexity index is 350. The van der Waals surface area contributed by atoms with E-state index in [9.17, 15) is 9.59 Å². The number of piperidine rings is 1. The standard InChI is InChI=1S/C14H26N2O4/c1-14(2,3)16(10-12(18)19)13(20)15-7-4-5-11(9-15)6-8-17/h11,17H,4-10H2,1-3H3,(H,18,19). The Morgan fingerprint density at radius 1 is 1.35 bits per heavy atom. The van der Waals surface area contributed by atoms with Gasteiger partial charge >= 0.3 is 12.0 Å². The van der Waals surface area contributed by atoms with Crippen LogP contribution in [-0.4, -0.2) is 63.8 Å². The molecule has 1 unspecified atom stereocenters. The number of likely N-dealkylation sites (tertiary alicyclic amines) is 1. The van der Waals surface area contributed by atoms with Gasteiger partial charge in [0.15, 0.2) is 0 Å². The van der Waals surface area contributed by atoms with Crippen molar-refractivity contribution in [2.24, 2.45) is 5.92 Å². The lowest BCUT2D eigenvalue weighted by Gasteiger charge is -2.41. The topological polar surface area (TPSA) is 81.1 Å². The maximum Gasteiger partial charge on any atom is 0.323 e. The predicted octanol–water partition coefficient (Wildman–Crippen LogP) is 1.39. The molecule has 2 N–H and O–H groups in total. The first-order valence-corrected chi connectivity index (χ1v) is 7.15. The zero-order chi connectivity index (χ0) is 15.3. The summed E-state index contributed by atoms with van der Waals surface area (Å²) in [5.74, 6) is -0.693. The lowest BCUT2D eigenvalue weighted by molar-refractivity contribution is -0.138. The fourth-order valence-electron chi connectivity index (χ4n) is 2.55. The maximum absolute atomic E-state index is 12.6. The van der Waals surface area contributed by atoms with E-state index in [4.69, 9.17) is 10.2 Å². The Balaban J connectivity index is 2.75. The van der Waals surface area contributed by atoms with E-state index < -0.39 is 11.5 Å². The Kier molecular flexibility index (Phi) is 5.80. The Hall–Kier alpha value is -1.30. The van der Waals surface area contributed by atoms with E-state index in [1.54, 1.807) is 4.90 Å². The first-order valence-electron chi connectivity index (χ1n) is 7.15. The van der Waals surface area contributed by atoms with Crippen molar-refractivity contribution in [3.05, 3.63) is 0 Å². The van der Waals surface area contributed by atoms with Crippen LogP contribution in [0.1, 0.15) is 40.0 Å². The van der Waals surface area contributed by atoms with Crippen LogP contribution in [-0.2, 0) is 4.79 Å². The molecule has 116 valence electrons. The second-order valence-corrected chi connectivity index (χ2v) is 6.40. The molecular formula is C14H26N2O4. The normalized spacial score (nSPS) is 19.8. The second-order valence-electron chi connectivity index (χ2n) is 6.40. The van der Waals surface area contributed by atoms with Gasteiger partial charge in [0, 0.05) is 25.2 Å². The minimum absolute atomic E-state index is 0.130. The van der Waals surface area contributed by atoms with E-state index in [1.165, 1.54) is 4.90 Å². The molecule has 2 amide bonds. The number of carboxylic acids is 1. The summed E-state index contributed by atoms with van der Waals surface area (Å²) in [6.45, 7) is 6.61. The third kappa shape index (κ3) is 4.67. The van der Waals surface area contributed by atoms with E-state index in [2.05, 4.69) is 0 Å². The number of amides is 2. The summed E-state index contributed by atoms with van der Waals surface area (Å²) >= 11 is 0. The van der Waals surface area contributed by atoms with Crippen LogP contribution in [0.25, 0.3) is 0 Å². The fourth-order valence-corrected chi connectivity index (χ4v) is 2.55. The van der Waals surface area contributed by atoms with Crippen LogP contribution in [0.2, 0.25) is 0 Å². The van der Waals surface area contributed by atoms with Crippen molar-refractivity contribution in [2.75, 3.05) is 26.2 Å². The number of rotatable bonds is 4. The quantitative estimate of drug-likeness (QED) is 0.818. The highest BCUT2D eigenvalue weighted by atomic mass is 16.4. The predicted molar refractivity (Wildman–Crippen MR) is 75.5 cm³/mol. The second kappa shape index (κ2) is 6.92. The van der Waals surface area contributed by atoms with Crippen LogP contribution in [0.3, 0.4) is 0 Å². The van der Waals surface area contributed by atoms with Crippen LogP contribution < -0.4 is 0 Å². The lowest BCUT2D eigenvalue weighted by Crippen LogP contribution is -2.55. The van der Waals surface area contributed by atoms with Gasteiger partial charge in [-0.15, -0.1) is 0 Å². The molecule has 1 fully saturated rings. The molecule has 6 nitrogen and oxygen atoms in total. The highest BCUT2D eigenvalue weighted by molar-refractivity contribution is 5.81. The number of hydrogen-bond donors (Lipinski definition) is 2. The Morgan fingerprint density at radius 2 is 2.00 bits per heavy atom. The highest BCUT2D eigenvalue weighted by Gasteiger charge is 2.33. The SMILES string of the molecule is CC(C)(C)N(CC(=O)O)C(=O)N1CCCC(CCO)C1. The van der Waals surface area contributed by atoms with Crippen molar-refractivity contribution in [1.29, 1.82) is 0 Å². The molecule has 6 heteroatoms. The molecule has 0 radical (unpaired) electrons. The summed E-state index contributed by atoms with van der Waals surface area (Å²) in [6.07, 6.45) is 2.61. The van der Waals surface area contributed by atoms with Crippen molar-refractivity contribution in [1.82, 2.24) is 9.80 Å². The minimum atomic E-state index is -1.00. The van der Waals surface area contributed by atoms with Crippen LogP contribution in [0.4, 0.5) is 4.79 Å². The summed E-state index contributed by atoms with van der Waals surface area (Å²) < 4.78 is 0. The molecule has 0 aliphatic carbocycles. The van der Waals surface area contributed by atoms with Crippen molar-refractivity contribution in [3.63, 3.8) is 0 Å². The molecule has 0 saturated carbocycles. The van der Waals surface area contributed by atoms with Crippen molar-refractivity contribution in [3.8, 4) is 0 Å². The average Bonchev–Trinajstić information content (AvgIpc) is 2.34. The molecule has 0 aromatic rings. The van der Waals surface area contributed by atoms with E-state index in [0.29, 0.717) is 25.4 Å². The van der Waals surface area contributed by atoms with Crippen molar-refractivity contribution >= 4 is 12.0 Å². The molecule has 1 aliphatic heterocycles. The molecular weight excluding hydrogens is 260 g/mol. The van der Waals surface area contributed by atoms with Gasteiger partial charge in [-0.2, -0.15) is 0 Å². The summed E-state index contributed by atoms with van der Waals surface area (Å²) in [5.41, 5.74) is -0.528. The van der Waals surface area contributed by atoms with Crippen LogP contribution in [0, 0.1) is 5.92 Å². The van der Waals surface area contributed by atoms with Gasteiger partial charge in [-0.1, -0.05) is 0 Å². The van der Waals surface area contributed by atoms with Crippen LogP contribution in [0.5, 0.6) is 0 Å². The largest absolute Gasteiger partial charge is 0.480 e. The van der Waals surface area contributed by atoms with Gasteiger partial charge in [0.05, 0.1) is 0 Å². The van der Waals surface area contributed by atoms with Crippen LogP contribution in [0.15, 0.2) is 0 Å². The number of carboxylic acid groups (broad SMARTS) is 1. The number of aliphatic carboxylic acids is 1. The smallest absolute Gasteiger partial charge is 0.323 e. The summed E-state index contributed by atoms with van der Waals surface area (Å²) in [6, 6.07) is -0.220. The summed E-state index contributed by atoms with van der Waals surface area (Å²) in [4.78, 5) is 26.6. The van der Waals surface area contributed by atoms with Gasteiger partial charge < -0.3 is 20.0 Å². The third-order valence-electron chi connectivity index (χ3n) is 3.66. The van der Waals surface area contributed by atoms with E-state index in [0.717, 1.165) is 12.8 Å². The van der Waals surface area contributed by atoms with E-state index in [-0.39, 0.29) is 19.2 Å². The molecule has 1 saturated heterocycles. The molecule has 1 rings (SSSR count). The molecule has 0 bridgehead atoms. The first kappa shape index (κ1) is 16.8. The molecule has 1 heterocycles. The fraction of sp³-hybridized carbons (Fsp3) is 0.857. The van der Waals surface area contributed by atoms with Gasteiger partial charge in [0.1, 0.15) is 6.54 Å². The van der Waals surface area contributed by atoms with Crippen LogP contribution >= 0.6 is 0 Å². The van der Waals surface area contributed by atoms with Crippen molar-refractivity contribution < 1.29 is 19.8 Å². The molecule has 20 heavy (non-hydrogen) atoms. The van der Waals surface area contributed by atoms with E-state index in [1.807, 2.05) is 20.8 Å². The first-order chi connectivity index (χ1) is 9.25. The zero-order valence-corrected chi connectivity index (χ0v) is 12.6. The van der Waals surface area contributed by atoms with Gasteiger partial charge in [-0.25, -0.2) is 4.79 Å². The lowest BCUT2D eigenvalue weighted by atomic mass is 9.95. The molecule has 1 atom stereocenters. The molecule has 0 spiro atoms. The number of aliphatic hydroxyl groups excluding tert-OH is 1. The van der Waals surface area contributed by atoms with Gasteiger partial charge in [0.2, 0.25) is 0 Å². The maximum atomic E-state index is 12.6. The Morgan fingerprint density at radius 3 is 2.50 bits per heavy atom. The highest BCUT2D eigenvalue weighted by Crippen LogP contribution is 2.23. The summed E-state index contributed by atoms with van der Waals surface area (Å²) in [5, 5.41) is 18.0. The third-order valence-corrected chi connectivity index (χ3v) is 3.66. The molecule has 0 aromatic heterocycles. The Labute approximate surface area is 120 Å². The average molecular weight is 286 g/mol. The molecule has 0 aromatic carbocycles. The number of nitrogens with zero attached hydrogens (tertiary/aromatic N) is 2. The summed E-state index contributed by atoms with van der Waals surface area (Å²) in [7, 11) is 0. The molecule has 1 aliphatic rings.